The van der Waals surface area contributed by atoms with Crippen LogP contribution in [-0.4, -0.2) is 126 Å². The molecule has 72 heavy (non-hydrogen) atoms. The van der Waals surface area contributed by atoms with Gasteiger partial charge in [0, 0.05) is 48.4 Å². The maximum atomic E-state index is 13.4. The number of Topliss-reactive ketones (excluding diaryl/α,β-unsaturated/α-hetero) is 1. The molecule has 3 saturated heterocycles. The van der Waals surface area contributed by atoms with Crippen LogP contribution in [0.5, 0.6) is 0 Å². The molecule has 31 heteroatoms. The Morgan fingerprint density at radius 2 is 1.76 bits per heavy atom. The van der Waals surface area contributed by atoms with Crippen molar-refractivity contribution in [1.29, 1.82) is 0 Å². The van der Waals surface area contributed by atoms with Crippen molar-refractivity contribution in [2.75, 3.05) is 37.8 Å². The summed E-state index contributed by atoms with van der Waals surface area (Å²) in [6, 6.07) is 0. The van der Waals surface area contributed by atoms with Crippen LogP contribution >= 0.6 is 35.2 Å². The summed E-state index contributed by atoms with van der Waals surface area (Å²) >= 11 is 0.870. The average Bonchev–Trinajstić information content (AvgIpc) is 3.98. The number of nitrogens with zero attached hydrogens (tertiary/aromatic N) is 4. The average molecular weight is 1090 g/mol. The standard InChI is InChI=1S/C41H60N7O20P3S/c1-21(23(49)6-9-39(4)26(50)7-10-41-15-22-14-24(31(39)41)66-40(22,5)17-41)37(55)72-13-12-43-27(51)8-11-44-35(54)32(53)38(2,3)18-64-71(61,62)68-70(59,60)63-16-25-30(67-69(56,57)58)29(52)36(65-25)48-20-47-28-33(42)45-19-46-34(28)48/h7,10,19-22,24-25,29-32,36,52-53H,6,8-9,11-18H2,1-5H3,(H,43,51)(H,44,54)(H,59,60)(H,61,62)(H2,42,45,46)(H2,56,57,58)/p-4/t21?,22-,24+,25-,29-,30-,31+,32+,36-,39-,40+,41+/m1/s1. The number of imidazole rings is 1. The highest BCUT2D eigenvalue weighted by atomic mass is 32.2. The SMILES string of the molecule is CC(C(=O)CC[C@]1(C)C(=O)C=C[C@]23C[C@H]4C[C@H](O[C@@]4(C)C2)[C@H]31)C(=O)SCCNC(=O)CCNC(=O)[C@H](O)C(C)(C)COP(=O)([O-])OP(=O)([O-])OC[C@H]1O[C@@H](n2cnc3c(N)ncnc32)[C@H](O)[C@@H]1OP(=O)([O-])[O-]. The molecule has 8 rings (SSSR count). The first-order valence-corrected chi connectivity index (χ1v) is 28.2. The number of fused-ring (bicyclic) bond motifs is 1. The number of amides is 2. The molecule has 6 N–H and O–H groups in total. The van der Waals surface area contributed by atoms with Crippen molar-refractivity contribution in [3.8, 4) is 0 Å². The fraction of sp³-hybridized carbons (Fsp3) is 0.707. The first kappa shape index (κ1) is 56.3. The number of hydrogen-bond donors (Lipinski definition) is 5. The number of rotatable bonds is 24. The minimum absolute atomic E-state index is 0.0258. The van der Waals surface area contributed by atoms with Crippen molar-refractivity contribution in [2.45, 2.75) is 115 Å². The Balaban J connectivity index is 0.791. The molecule has 27 nitrogen and oxygen atoms in total. The number of nitrogens with two attached hydrogens (primary N) is 1. The summed E-state index contributed by atoms with van der Waals surface area (Å²) in [5.74, 6) is -2.38. The van der Waals surface area contributed by atoms with Crippen LogP contribution in [-0.2, 0) is 65.0 Å². The fourth-order valence-corrected chi connectivity index (χ4v) is 14.3. The maximum Gasteiger partial charge on any atom is 0.274 e. The van der Waals surface area contributed by atoms with E-state index < -0.39 is 95.9 Å². The van der Waals surface area contributed by atoms with Crippen molar-refractivity contribution >= 4 is 80.7 Å². The third-order valence-corrected chi connectivity index (χ3v) is 18.4. The van der Waals surface area contributed by atoms with Crippen molar-refractivity contribution < 1.29 is 94.8 Å². The van der Waals surface area contributed by atoms with Crippen LogP contribution in [0.1, 0.15) is 79.4 Å². The number of aliphatic hydroxyl groups is 2. The van der Waals surface area contributed by atoms with Crippen LogP contribution in [0.3, 0.4) is 0 Å². The van der Waals surface area contributed by atoms with Gasteiger partial charge in [-0.05, 0) is 56.9 Å². The van der Waals surface area contributed by atoms with Crippen LogP contribution in [0.15, 0.2) is 24.8 Å². The van der Waals surface area contributed by atoms with Crippen molar-refractivity contribution in [2.24, 2.45) is 34.0 Å². The second-order valence-electron chi connectivity index (χ2n) is 19.9. The van der Waals surface area contributed by atoms with Gasteiger partial charge in [-0.3, -0.25) is 37.7 Å². The number of carbonyl (C=O) groups excluding carboxylic acids is 5. The van der Waals surface area contributed by atoms with Gasteiger partial charge < -0.3 is 73.8 Å². The predicted octanol–water partition coefficient (Wildman–Crippen LogP) is -1.16. The summed E-state index contributed by atoms with van der Waals surface area (Å²) in [5, 5.41) is 26.0. The van der Waals surface area contributed by atoms with Gasteiger partial charge in [0.25, 0.3) is 15.6 Å². The van der Waals surface area contributed by atoms with Crippen molar-refractivity contribution in [3.05, 3.63) is 24.8 Å². The van der Waals surface area contributed by atoms with Gasteiger partial charge in [-0.15, -0.1) is 0 Å². The molecule has 3 unspecified atom stereocenters. The monoisotopic (exact) mass is 1090 g/mol. The number of anilines is 1. The summed E-state index contributed by atoms with van der Waals surface area (Å²) in [6.07, 6.45) is -1.04. The molecule has 2 aromatic rings. The molecule has 3 aliphatic carbocycles. The molecule has 3 aliphatic heterocycles. The number of phosphoric acid groups is 3. The molecular weight excluding hydrogens is 1040 g/mol. The number of hydrogen-bond acceptors (Lipinski definition) is 25. The Morgan fingerprint density at radius 3 is 2.46 bits per heavy atom. The summed E-state index contributed by atoms with van der Waals surface area (Å²) in [5.41, 5.74) is 2.92. The van der Waals surface area contributed by atoms with Crippen LogP contribution in [0.25, 0.3) is 11.2 Å². The zero-order valence-electron chi connectivity index (χ0n) is 39.6. The van der Waals surface area contributed by atoms with Crippen LogP contribution in [0.2, 0.25) is 0 Å². The molecule has 400 valence electrons. The fourth-order valence-electron chi connectivity index (χ4n) is 10.8. The highest BCUT2D eigenvalue weighted by Crippen LogP contribution is 2.71. The summed E-state index contributed by atoms with van der Waals surface area (Å²) in [7, 11) is -17.7. The molecule has 5 fully saturated rings. The summed E-state index contributed by atoms with van der Waals surface area (Å²) in [6.45, 7) is 5.37. The highest BCUT2D eigenvalue weighted by molar-refractivity contribution is 8.13. The number of thioether (sulfide) groups is 1. The second-order valence-corrected chi connectivity index (χ2v) is 25.1. The molecule has 0 radical (unpaired) electrons. The lowest BCUT2D eigenvalue weighted by molar-refractivity contribution is -0.347. The smallest absolute Gasteiger partial charge is 0.274 e. The molecule has 14 atom stereocenters. The minimum atomic E-state index is -5.96. The highest BCUT2D eigenvalue weighted by Gasteiger charge is 2.71. The molecule has 4 bridgehead atoms. The molecule has 2 aromatic heterocycles. The lowest BCUT2D eigenvalue weighted by atomic mass is 9.51. The van der Waals surface area contributed by atoms with E-state index in [1.807, 2.05) is 6.92 Å². The van der Waals surface area contributed by atoms with Gasteiger partial charge >= 0.3 is 0 Å². The number of allylic oxidation sites excluding steroid dienone is 2. The first-order valence-electron chi connectivity index (χ1n) is 22.8. The van der Waals surface area contributed by atoms with Crippen molar-refractivity contribution in [3.63, 3.8) is 0 Å². The lowest BCUT2D eigenvalue weighted by Crippen LogP contribution is -2.56. The van der Waals surface area contributed by atoms with E-state index in [0.29, 0.717) is 12.3 Å². The van der Waals surface area contributed by atoms with Gasteiger partial charge in [-0.1, -0.05) is 38.6 Å². The van der Waals surface area contributed by atoms with E-state index in [1.165, 1.54) is 20.8 Å². The summed E-state index contributed by atoms with van der Waals surface area (Å²) < 4.78 is 67.4. The van der Waals surface area contributed by atoms with Crippen LogP contribution < -0.4 is 35.9 Å². The zero-order valence-corrected chi connectivity index (χ0v) is 43.1. The molecule has 2 saturated carbocycles. The molecule has 1 spiro atoms. The number of phosphoric ester groups is 3. The topological polar surface area (TPSA) is 418 Å². The molecule has 6 aliphatic rings. The van der Waals surface area contributed by atoms with Gasteiger partial charge in [-0.25, -0.2) is 19.3 Å². The summed E-state index contributed by atoms with van der Waals surface area (Å²) in [4.78, 5) is 125. The first-order chi connectivity index (χ1) is 33.4. The van der Waals surface area contributed by atoms with Gasteiger partial charge in [0.1, 0.15) is 42.0 Å². The third-order valence-electron chi connectivity index (χ3n) is 14.4. The predicted molar refractivity (Wildman–Crippen MR) is 240 cm³/mol. The van der Waals surface area contributed by atoms with Crippen LogP contribution in [0.4, 0.5) is 5.82 Å². The van der Waals surface area contributed by atoms with E-state index in [0.717, 1.165) is 48.2 Å². The minimum Gasteiger partial charge on any atom is -0.790 e. The quantitative estimate of drug-likeness (QED) is 0.0470. The van der Waals surface area contributed by atoms with Gasteiger partial charge in [-0.2, -0.15) is 0 Å². The number of aliphatic hydroxyl groups excluding tert-OH is 2. The van der Waals surface area contributed by atoms with Crippen molar-refractivity contribution in [1.82, 2.24) is 30.2 Å². The number of carbonyl (C=O) groups is 5. The number of nitrogen functional groups attached to an aromatic ring is 1. The van der Waals surface area contributed by atoms with E-state index in [2.05, 4.69) is 56.5 Å². The molecule has 0 aromatic carbocycles. The molecular formula is C41H56N7O20P3S-4. The maximum absolute atomic E-state index is 13.4. The zero-order chi connectivity index (χ0) is 53.0. The van der Waals surface area contributed by atoms with E-state index >= 15 is 0 Å². The number of ether oxygens (including phenoxy) is 2. The van der Waals surface area contributed by atoms with Gasteiger partial charge in [0.05, 0.1) is 45.0 Å². The van der Waals surface area contributed by atoms with E-state index in [9.17, 15) is 67.5 Å². The second kappa shape index (κ2) is 21.0. The van der Waals surface area contributed by atoms with E-state index in [1.54, 1.807) is 6.08 Å². The third kappa shape index (κ3) is 12.0. The van der Waals surface area contributed by atoms with Gasteiger partial charge in [0.15, 0.2) is 28.6 Å². The normalized spacial score (nSPS) is 32.3. The Labute approximate surface area is 416 Å². The lowest BCUT2D eigenvalue weighted by Gasteiger charge is -2.55. The number of nitrogens with one attached hydrogen (secondary N) is 2. The molecule has 2 amide bonds. The van der Waals surface area contributed by atoms with E-state index in [-0.39, 0.29) is 88.4 Å². The number of aromatic nitrogens is 4. The van der Waals surface area contributed by atoms with Gasteiger partial charge in [0.2, 0.25) is 11.8 Å². The Hall–Kier alpha value is -3.40. The Kier molecular flexibility index (Phi) is 16.4. The van der Waals surface area contributed by atoms with E-state index in [4.69, 9.17) is 15.2 Å². The van der Waals surface area contributed by atoms with Crippen LogP contribution in [0, 0.1) is 34.0 Å². The Bertz CT molecular complexity index is 2640. The number of ketones is 2. The Morgan fingerprint density at radius 1 is 1.06 bits per heavy atom. The molecule has 5 heterocycles. The largest absolute Gasteiger partial charge is 0.790 e.